The third-order valence-corrected chi connectivity index (χ3v) is 5.60. The number of nitrogens with zero attached hydrogens (tertiary/aromatic N) is 1. The second-order valence-electron chi connectivity index (χ2n) is 7.48. The minimum atomic E-state index is -0.658. The summed E-state index contributed by atoms with van der Waals surface area (Å²) in [6, 6.07) is 22.7. The van der Waals surface area contributed by atoms with Crippen LogP contribution in [0.1, 0.15) is 15.9 Å². The molecule has 0 atom stereocenters. The van der Waals surface area contributed by atoms with Gasteiger partial charge in [0.05, 0.1) is 23.9 Å². The lowest BCUT2D eigenvalue weighted by molar-refractivity contribution is -0.123. The first-order valence-electron chi connectivity index (χ1n) is 10.7. The van der Waals surface area contributed by atoms with Gasteiger partial charge in [-0.2, -0.15) is 5.10 Å². The van der Waals surface area contributed by atoms with Gasteiger partial charge in [0.25, 0.3) is 5.91 Å². The van der Waals surface area contributed by atoms with E-state index in [0.717, 1.165) is 10.8 Å². The zero-order valence-corrected chi connectivity index (χ0v) is 20.5. The van der Waals surface area contributed by atoms with Crippen molar-refractivity contribution in [1.29, 1.82) is 0 Å². The lowest BCUT2D eigenvalue weighted by Gasteiger charge is -2.11. The van der Waals surface area contributed by atoms with E-state index in [1.165, 1.54) is 25.5 Å². The number of hydrazone groups is 1. The fourth-order valence-corrected chi connectivity index (χ4v) is 3.82. The number of carbonyl (C=O) groups is 2. The summed E-state index contributed by atoms with van der Waals surface area (Å²) >= 11 is 12.0. The Morgan fingerprint density at radius 3 is 2.53 bits per heavy atom. The van der Waals surface area contributed by atoms with Gasteiger partial charge in [-0.3, -0.25) is 4.79 Å². The average molecular weight is 523 g/mol. The fraction of sp³-hybridized carbons (Fsp3) is 0.0741. The zero-order valence-electron chi connectivity index (χ0n) is 19.0. The van der Waals surface area contributed by atoms with Crippen LogP contribution >= 0.6 is 23.2 Å². The Morgan fingerprint density at radius 2 is 1.72 bits per heavy atom. The van der Waals surface area contributed by atoms with Gasteiger partial charge in [0, 0.05) is 10.4 Å². The Hall–Kier alpha value is -4.07. The zero-order chi connectivity index (χ0) is 25.5. The first kappa shape index (κ1) is 25.0. The summed E-state index contributed by atoms with van der Waals surface area (Å²) in [7, 11) is 1.44. The highest BCUT2D eigenvalue weighted by Crippen LogP contribution is 2.30. The van der Waals surface area contributed by atoms with Gasteiger partial charge in [-0.15, -0.1) is 0 Å². The summed E-state index contributed by atoms with van der Waals surface area (Å²) in [4.78, 5) is 24.7. The van der Waals surface area contributed by atoms with Crippen molar-refractivity contribution in [3.05, 3.63) is 100 Å². The molecule has 0 bridgehead atoms. The summed E-state index contributed by atoms with van der Waals surface area (Å²) < 4.78 is 16.4. The van der Waals surface area contributed by atoms with E-state index in [1.54, 1.807) is 30.3 Å². The van der Waals surface area contributed by atoms with Crippen LogP contribution in [0.2, 0.25) is 10.0 Å². The van der Waals surface area contributed by atoms with Gasteiger partial charge in [0.2, 0.25) is 0 Å². The molecule has 0 radical (unpaired) electrons. The van der Waals surface area contributed by atoms with Gasteiger partial charge in [0.15, 0.2) is 18.1 Å². The molecule has 1 N–H and O–H groups in total. The van der Waals surface area contributed by atoms with Crippen LogP contribution in [-0.2, 0) is 4.79 Å². The number of halogens is 2. The predicted molar refractivity (Wildman–Crippen MR) is 140 cm³/mol. The number of benzene rings is 4. The number of amides is 1. The minimum Gasteiger partial charge on any atom is -0.493 e. The fourth-order valence-electron chi connectivity index (χ4n) is 3.33. The van der Waals surface area contributed by atoms with Crippen molar-refractivity contribution in [2.75, 3.05) is 13.7 Å². The number of esters is 1. The Labute approximate surface area is 217 Å². The second-order valence-corrected chi connectivity index (χ2v) is 8.33. The Morgan fingerprint density at radius 1 is 0.917 bits per heavy atom. The molecule has 0 aromatic heterocycles. The standard InChI is InChI=1S/C27H20Cl2N2O5/c1-34-25-13-17(9-12-24(25)36-27(33)21-11-10-19(28)14-22(21)29)15-30-31-26(32)16-35-23-8-4-6-18-5-2-3-7-20(18)23/h2-15H,16H2,1H3,(H,31,32)/b30-15-. The molecule has 1 amide bonds. The van der Waals surface area contributed by atoms with E-state index in [1.807, 2.05) is 36.4 Å². The Kier molecular flexibility index (Phi) is 8.05. The topological polar surface area (TPSA) is 86.2 Å². The number of fused-ring (bicyclic) bond motifs is 1. The maximum absolute atomic E-state index is 12.5. The van der Waals surface area contributed by atoms with Gasteiger partial charge >= 0.3 is 5.97 Å². The number of rotatable bonds is 8. The molecule has 0 saturated heterocycles. The van der Waals surface area contributed by atoms with Crippen molar-refractivity contribution < 1.29 is 23.8 Å². The maximum Gasteiger partial charge on any atom is 0.345 e. The van der Waals surface area contributed by atoms with Gasteiger partial charge in [-0.1, -0.05) is 59.6 Å². The van der Waals surface area contributed by atoms with E-state index < -0.39 is 11.9 Å². The molecule has 0 aliphatic heterocycles. The third-order valence-electron chi connectivity index (χ3n) is 5.05. The van der Waals surface area contributed by atoms with E-state index in [-0.39, 0.29) is 22.9 Å². The normalized spacial score (nSPS) is 10.9. The first-order chi connectivity index (χ1) is 17.4. The van der Waals surface area contributed by atoms with Gasteiger partial charge in [0.1, 0.15) is 5.75 Å². The van der Waals surface area contributed by atoms with E-state index >= 15 is 0 Å². The van der Waals surface area contributed by atoms with Crippen molar-refractivity contribution in [1.82, 2.24) is 5.43 Å². The highest BCUT2D eigenvalue weighted by molar-refractivity contribution is 6.36. The van der Waals surface area contributed by atoms with Crippen LogP contribution in [0.25, 0.3) is 10.8 Å². The van der Waals surface area contributed by atoms with E-state index in [0.29, 0.717) is 22.1 Å². The largest absolute Gasteiger partial charge is 0.493 e. The summed E-state index contributed by atoms with van der Waals surface area (Å²) in [5.74, 6) is 0.0227. The van der Waals surface area contributed by atoms with Crippen LogP contribution in [0.15, 0.2) is 84.0 Å². The predicted octanol–water partition coefficient (Wildman–Crippen LogP) is 5.90. The van der Waals surface area contributed by atoms with Crippen molar-refractivity contribution in [3.63, 3.8) is 0 Å². The lowest BCUT2D eigenvalue weighted by atomic mass is 10.1. The van der Waals surface area contributed by atoms with Crippen molar-refractivity contribution >= 4 is 52.1 Å². The molecule has 4 rings (SSSR count). The number of hydrogen-bond acceptors (Lipinski definition) is 6. The molecule has 4 aromatic carbocycles. The Balaban J connectivity index is 1.35. The number of nitrogens with one attached hydrogen (secondary N) is 1. The molecule has 7 nitrogen and oxygen atoms in total. The van der Waals surface area contributed by atoms with Crippen LogP contribution < -0.4 is 19.6 Å². The molecule has 9 heteroatoms. The molecular weight excluding hydrogens is 503 g/mol. The maximum atomic E-state index is 12.5. The highest BCUT2D eigenvalue weighted by atomic mass is 35.5. The number of ether oxygens (including phenoxy) is 3. The molecule has 0 aliphatic carbocycles. The molecular formula is C27H20Cl2N2O5. The molecule has 0 spiro atoms. The SMILES string of the molecule is COc1cc(/C=N\NC(=O)COc2cccc3ccccc23)ccc1OC(=O)c1ccc(Cl)cc1Cl. The summed E-state index contributed by atoms with van der Waals surface area (Å²) in [6.07, 6.45) is 1.43. The summed E-state index contributed by atoms with van der Waals surface area (Å²) in [6.45, 7) is -0.198. The molecule has 36 heavy (non-hydrogen) atoms. The monoisotopic (exact) mass is 522 g/mol. The van der Waals surface area contributed by atoms with Crippen LogP contribution in [-0.4, -0.2) is 31.8 Å². The molecule has 0 aliphatic rings. The van der Waals surface area contributed by atoms with Crippen LogP contribution in [0.5, 0.6) is 17.2 Å². The van der Waals surface area contributed by atoms with E-state index in [4.69, 9.17) is 37.4 Å². The Bertz CT molecular complexity index is 1450. The molecule has 0 fully saturated rings. The number of carbonyl (C=O) groups excluding carboxylic acids is 2. The highest BCUT2D eigenvalue weighted by Gasteiger charge is 2.16. The van der Waals surface area contributed by atoms with Gasteiger partial charge < -0.3 is 14.2 Å². The average Bonchev–Trinajstić information content (AvgIpc) is 2.88. The van der Waals surface area contributed by atoms with Gasteiger partial charge in [-0.25, -0.2) is 10.2 Å². The number of methoxy groups -OCH3 is 1. The van der Waals surface area contributed by atoms with Crippen LogP contribution in [0.3, 0.4) is 0 Å². The van der Waals surface area contributed by atoms with E-state index in [2.05, 4.69) is 10.5 Å². The quantitative estimate of drug-likeness (QED) is 0.135. The van der Waals surface area contributed by atoms with Gasteiger partial charge in [-0.05, 0) is 53.4 Å². The van der Waals surface area contributed by atoms with Crippen molar-refractivity contribution in [2.45, 2.75) is 0 Å². The third kappa shape index (κ3) is 6.13. The van der Waals surface area contributed by atoms with Crippen molar-refractivity contribution in [2.24, 2.45) is 5.10 Å². The molecule has 0 saturated carbocycles. The van der Waals surface area contributed by atoms with Crippen LogP contribution in [0.4, 0.5) is 0 Å². The summed E-state index contributed by atoms with van der Waals surface area (Å²) in [5.41, 5.74) is 3.19. The molecule has 0 unspecified atom stereocenters. The van der Waals surface area contributed by atoms with Crippen molar-refractivity contribution in [3.8, 4) is 17.2 Å². The lowest BCUT2D eigenvalue weighted by Crippen LogP contribution is -2.24. The molecule has 4 aromatic rings. The first-order valence-corrected chi connectivity index (χ1v) is 11.5. The molecule has 182 valence electrons. The summed E-state index contributed by atoms with van der Waals surface area (Å²) in [5, 5.41) is 6.48. The van der Waals surface area contributed by atoms with Crippen LogP contribution in [0, 0.1) is 0 Å². The minimum absolute atomic E-state index is 0.169. The van der Waals surface area contributed by atoms with E-state index in [9.17, 15) is 9.59 Å². The smallest absolute Gasteiger partial charge is 0.345 e. The second kappa shape index (κ2) is 11.6. The number of hydrogen-bond donors (Lipinski definition) is 1. The molecule has 0 heterocycles.